The van der Waals surface area contributed by atoms with Crippen molar-refractivity contribution in [3.8, 4) is 0 Å². The smallest absolute Gasteiger partial charge is 0.0203 e. The lowest BCUT2D eigenvalue weighted by molar-refractivity contribution is 0.414. The molecule has 0 spiro atoms. The third-order valence-corrected chi connectivity index (χ3v) is 2.52. The quantitative estimate of drug-likeness (QED) is 0.513. The van der Waals surface area contributed by atoms with Crippen LogP contribution in [0.15, 0.2) is 12.2 Å². The van der Waals surface area contributed by atoms with Crippen molar-refractivity contribution in [3.63, 3.8) is 0 Å². The monoisotopic (exact) mass is 166 g/mol. The largest absolute Gasteiger partial charge is 0.0849 e. The molecule has 0 heteroatoms. The van der Waals surface area contributed by atoms with Crippen LogP contribution in [0, 0.1) is 11.3 Å². The zero-order valence-corrected chi connectivity index (χ0v) is 8.77. The molecule has 0 amide bonds. The fourth-order valence-electron chi connectivity index (χ4n) is 1.75. The van der Waals surface area contributed by atoms with E-state index in [9.17, 15) is 0 Å². The summed E-state index contributed by atoms with van der Waals surface area (Å²) in [6, 6.07) is 0. The van der Waals surface area contributed by atoms with E-state index in [4.69, 9.17) is 0 Å². The maximum absolute atomic E-state index is 2.44. The Balaban J connectivity index is 2.33. The van der Waals surface area contributed by atoms with Gasteiger partial charge in [-0.2, -0.15) is 0 Å². The molecule has 0 atom stereocenters. The van der Waals surface area contributed by atoms with Crippen molar-refractivity contribution in [3.05, 3.63) is 12.2 Å². The van der Waals surface area contributed by atoms with Gasteiger partial charge in [-0.15, -0.1) is 0 Å². The summed E-state index contributed by atoms with van der Waals surface area (Å²) >= 11 is 0. The molecule has 1 aliphatic carbocycles. The van der Waals surface area contributed by atoms with Crippen LogP contribution < -0.4 is 0 Å². The molecule has 1 aliphatic rings. The second-order valence-electron chi connectivity index (χ2n) is 5.12. The van der Waals surface area contributed by atoms with E-state index < -0.39 is 0 Å². The Hall–Kier alpha value is -0.260. The van der Waals surface area contributed by atoms with E-state index in [-0.39, 0.29) is 0 Å². The summed E-state index contributed by atoms with van der Waals surface area (Å²) < 4.78 is 0. The van der Waals surface area contributed by atoms with Gasteiger partial charge in [0, 0.05) is 0 Å². The Morgan fingerprint density at radius 3 is 2.08 bits per heavy atom. The third-order valence-electron chi connectivity index (χ3n) is 2.52. The zero-order chi connectivity index (χ0) is 9.03. The average molecular weight is 166 g/mol. The molecule has 70 valence electrons. The van der Waals surface area contributed by atoms with E-state index in [1.807, 2.05) is 0 Å². The highest BCUT2D eigenvalue weighted by atomic mass is 14.2. The summed E-state index contributed by atoms with van der Waals surface area (Å²) in [5.74, 6) is 0.887. The van der Waals surface area contributed by atoms with Gasteiger partial charge in [-0.05, 0) is 24.2 Å². The van der Waals surface area contributed by atoms with Gasteiger partial charge in [0.25, 0.3) is 0 Å². The van der Waals surface area contributed by atoms with E-state index in [0.717, 1.165) is 5.92 Å². The Morgan fingerprint density at radius 1 is 1.00 bits per heavy atom. The maximum atomic E-state index is 2.44. The molecular weight excluding hydrogens is 144 g/mol. The molecule has 0 aromatic heterocycles. The van der Waals surface area contributed by atoms with Gasteiger partial charge in [0.2, 0.25) is 0 Å². The van der Waals surface area contributed by atoms with Gasteiger partial charge < -0.3 is 0 Å². The van der Waals surface area contributed by atoms with Crippen molar-refractivity contribution in [1.82, 2.24) is 0 Å². The van der Waals surface area contributed by atoms with Gasteiger partial charge in [0.15, 0.2) is 0 Å². The van der Waals surface area contributed by atoms with Crippen LogP contribution in [0.1, 0.15) is 52.9 Å². The standard InChI is InChI=1S/C12H22/c1-12(2,3)10-9-11-7-5-4-6-8-11/h9-11H,4-8H2,1-3H3. The van der Waals surface area contributed by atoms with Crippen LogP contribution in [-0.4, -0.2) is 0 Å². The van der Waals surface area contributed by atoms with Gasteiger partial charge in [-0.1, -0.05) is 52.2 Å². The summed E-state index contributed by atoms with van der Waals surface area (Å²) in [5, 5.41) is 0. The van der Waals surface area contributed by atoms with Crippen LogP contribution >= 0.6 is 0 Å². The van der Waals surface area contributed by atoms with E-state index in [1.165, 1.54) is 32.1 Å². The first-order valence-electron chi connectivity index (χ1n) is 5.27. The molecule has 0 aromatic carbocycles. The van der Waals surface area contributed by atoms with Gasteiger partial charge in [0.05, 0.1) is 0 Å². The van der Waals surface area contributed by atoms with Gasteiger partial charge >= 0.3 is 0 Å². The summed E-state index contributed by atoms with van der Waals surface area (Å²) in [7, 11) is 0. The van der Waals surface area contributed by atoms with Crippen molar-refractivity contribution in [2.45, 2.75) is 52.9 Å². The number of hydrogen-bond acceptors (Lipinski definition) is 0. The van der Waals surface area contributed by atoms with E-state index in [0.29, 0.717) is 5.41 Å². The van der Waals surface area contributed by atoms with Crippen molar-refractivity contribution >= 4 is 0 Å². The highest BCUT2D eigenvalue weighted by Crippen LogP contribution is 2.26. The highest BCUT2D eigenvalue weighted by Gasteiger charge is 2.11. The fraction of sp³-hybridized carbons (Fsp3) is 0.833. The van der Waals surface area contributed by atoms with Crippen molar-refractivity contribution < 1.29 is 0 Å². The van der Waals surface area contributed by atoms with E-state index in [2.05, 4.69) is 32.9 Å². The van der Waals surface area contributed by atoms with Crippen LogP contribution in [0.4, 0.5) is 0 Å². The fourth-order valence-corrected chi connectivity index (χ4v) is 1.75. The van der Waals surface area contributed by atoms with Crippen LogP contribution in [0.3, 0.4) is 0 Å². The Bertz CT molecular complexity index is 142. The molecule has 0 saturated heterocycles. The molecule has 0 aliphatic heterocycles. The van der Waals surface area contributed by atoms with Crippen LogP contribution in [0.5, 0.6) is 0 Å². The third kappa shape index (κ3) is 3.94. The molecule has 0 N–H and O–H groups in total. The van der Waals surface area contributed by atoms with E-state index in [1.54, 1.807) is 0 Å². The highest BCUT2D eigenvalue weighted by molar-refractivity contribution is 4.96. The topological polar surface area (TPSA) is 0 Å². The summed E-state index contributed by atoms with van der Waals surface area (Å²) in [6.07, 6.45) is 12.0. The molecule has 0 unspecified atom stereocenters. The molecule has 12 heavy (non-hydrogen) atoms. The molecular formula is C12H22. The molecule has 0 aromatic rings. The molecule has 0 radical (unpaired) electrons. The zero-order valence-electron chi connectivity index (χ0n) is 8.77. The van der Waals surface area contributed by atoms with E-state index >= 15 is 0 Å². The van der Waals surface area contributed by atoms with Gasteiger partial charge in [0.1, 0.15) is 0 Å². The van der Waals surface area contributed by atoms with Crippen molar-refractivity contribution in [1.29, 1.82) is 0 Å². The second-order valence-corrected chi connectivity index (χ2v) is 5.12. The molecule has 1 rings (SSSR count). The Kier molecular flexibility index (Phi) is 3.37. The first-order chi connectivity index (χ1) is 5.58. The lowest BCUT2D eigenvalue weighted by atomic mass is 9.86. The number of hydrogen-bond donors (Lipinski definition) is 0. The summed E-state index contributed by atoms with van der Waals surface area (Å²) in [5.41, 5.74) is 0.372. The molecule has 0 nitrogen and oxygen atoms in total. The molecule has 1 saturated carbocycles. The average Bonchev–Trinajstić information content (AvgIpc) is 2.02. The Labute approximate surface area is 77.1 Å². The summed E-state index contributed by atoms with van der Waals surface area (Å²) in [6.45, 7) is 6.81. The predicted molar refractivity (Wildman–Crippen MR) is 55.2 cm³/mol. The van der Waals surface area contributed by atoms with Crippen LogP contribution in [0.2, 0.25) is 0 Å². The lowest BCUT2D eigenvalue weighted by Gasteiger charge is -2.20. The van der Waals surface area contributed by atoms with Gasteiger partial charge in [-0.3, -0.25) is 0 Å². The van der Waals surface area contributed by atoms with Crippen LogP contribution in [-0.2, 0) is 0 Å². The maximum Gasteiger partial charge on any atom is -0.0203 e. The number of allylic oxidation sites excluding steroid dienone is 2. The molecule has 1 fully saturated rings. The SMILES string of the molecule is CC(C)(C)C=CC1CCCCC1. The minimum absolute atomic E-state index is 0.372. The minimum Gasteiger partial charge on any atom is -0.0849 e. The first kappa shape index (κ1) is 9.83. The van der Waals surface area contributed by atoms with Gasteiger partial charge in [-0.25, -0.2) is 0 Å². The number of rotatable bonds is 1. The van der Waals surface area contributed by atoms with Crippen molar-refractivity contribution in [2.75, 3.05) is 0 Å². The first-order valence-corrected chi connectivity index (χ1v) is 5.27. The minimum atomic E-state index is 0.372. The van der Waals surface area contributed by atoms with Crippen LogP contribution in [0.25, 0.3) is 0 Å². The predicted octanol–water partition coefficient (Wildman–Crippen LogP) is 4.17. The molecule has 0 heterocycles. The second kappa shape index (κ2) is 4.11. The normalized spacial score (nSPS) is 21.9. The lowest BCUT2D eigenvalue weighted by Crippen LogP contribution is -2.05. The summed E-state index contributed by atoms with van der Waals surface area (Å²) in [4.78, 5) is 0. The van der Waals surface area contributed by atoms with Crippen molar-refractivity contribution in [2.24, 2.45) is 11.3 Å². The molecule has 0 bridgehead atoms. The Morgan fingerprint density at radius 2 is 1.58 bits per heavy atom.